The summed E-state index contributed by atoms with van der Waals surface area (Å²) in [4.78, 5) is 20.9. The van der Waals surface area contributed by atoms with Crippen molar-refractivity contribution in [2.75, 3.05) is 11.1 Å². The summed E-state index contributed by atoms with van der Waals surface area (Å²) in [6.45, 7) is 3.67. The number of hydrogen-bond donors (Lipinski definition) is 2. The van der Waals surface area contributed by atoms with Crippen LogP contribution >= 0.6 is 11.8 Å². The molecule has 1 unspecified atom stereocenters. The third kappa shape index (κ3) is 3.83. The Kier molecular flexibility index (Phi) is 4.66. The maximum Gasteiger partial charge on any atom is 0.237 e. The molecular formula is C18H18N4OS. The molecule has 3 aromatic rings. The molecule has 1 atom stereocenters. The summed E-state index contributed by atoms with van der Waals surface area (Å²) in [5.74, 6) is 0.311. The number of benzene rings is 2. The van der Waals surface area contributed by atoms with Gasteiger partial charge in [0, 0.05) is 17.4 Å². The molecule has 0 aliphatic heterocycles. The van der Waals surface area contributed by atoms with Crippen LogP contribution in [0, 0.1) is 6.92 Å². The van der Waals surface area contributed by atoms with E-state index in [0.29, 0.717) is 11.0 Å². The number of amides is 1. The van der Waals surface area contributed by atoms with E-state index in [-0.39, 0.29) is 11.2 Å². The minimum atomic E-state index is -0.335. The molecule has 24 heavy (non-hydrogen) atoms. The first-order chi connectivity index (χ1) is 11.5. The van der Waals surface area contributed by atoms with Gasteiger partial charge in [0.25, 0.3) is 0 Å². The summed E-state index contributed by atoms with van der Waals surface area (Å²) in [6, 6.07) is 15.6. The summed E-state index contributed by atoms with van der Waals surface area (Å²) in [7, 11) is 0. The lowest BCUT2D eigenvalue weighted by Crippen LogP contribution is -2.22. The second-order valence-corrected chi connectivity index (χ2v) is 6.84. The van der Waals surface area contributed by atoms with Gasteiger partial charge >= 0.3 is 0 Å². The zero-order valence-electron chi connectivity index (χ0n) is 13.5. The lowest BCUT2D eigenvalue weighted by molar-refractivity contribution is -0.115. The Labute approximate surface area is 144 Å². The normalized spacial score (nSPS) is 12.1. The van der Waals surface area contributed by atoms with Gasteiger partial charge in [0.15, 0.2) is 5.16 Å². The number of nitrogens with one attached hydrogen (secondary N) is 1. The summed E-state index contributed by atoms with van der Waals surface area (Å²) in [6.07, 6.45) is 0. The second kappa shape index (κ2) is 6.88. The molecule has 5 nitrogen and oxygen atoms in total. The van der Waals surface area contributed by atoms with E-state index in [0.717, 1.165) is 22.2 Å². The summed E-state index contributed by atoms with van der Waals surface area (Å²) >= 11 is 1.29. The van der Waals surface area contributed by atoms with E-state index < -0.39 is 0 Å². The SMILES string of the molecule is Cc1cc(N)nc(SC(C)C(=O)Nc2ccc3ccccc3c2)n1. The molecule has 1 heterocycles. The highest BCUT2D eigenvalue weighted by Gasteiger charge is 2.16. The highest BCUT2D eigenvalue weighted by Crippen LogP contribution is 2.23. The van der Waals surface area contributed by atoms with Gasteiger partial charge in [0.05, 0.1) is 5.25 Å². The van der Waals surface area contributed by atoms with Crippen molar-refractivity contribution < 1.29 is 4.79 Å². The molecule has 0 spiro atoms. The number of aromatic nitrogens is 2. The Balaban J connectivity index is 1.70. The maximum absolute atomic E-state index is 12.4. The van der Waals surface area contributed by atoms with Gasteiger partial charge < -0.3 is 11.1 Å². The molecule has 0 fully saturated rings. The van der Waals surface area contributed by atoms with Gasteiger partial charge in [-0.3, -0.25) is 4.79 Å². The number of carbonyl (C=O) groups is 1. The fourth-order valence-electron chi connectivity index (χ4n) is 2.34. The topological polar surface area (TPSA) is 80.9 Å². The van der Waals surface area contributed by atoms with Gasteiger partial charge in [-0.2, -0.15) is 0 Å². The minimum Gasteiger partial charge on any atom is -0.384 e. The number of nitrogen functional groups attached to an aromatic ring is 1. The number of anilines is 2. The summed E-state index contributed by atoms with van der Waals surface area (Å²) < 4.78 is 0. The Hall–Kier alpha value is -2.60. The van der Waals surface area contributed by atoms with E-state index in [1.165, 1.54) is 11.8 Å². The van der Waals surface area contributed by atoms with Crippen molar-refractivity contribution in [3.63, 3.8) is 0 Å². The largest absolute Gasteiger partial charge is 0.384 e. The second-order valence-electron chi connectivity index (χ2n) is 5.53. The first kappa shape index (κ1) is 16.3. The van der Waals surface area contributed by atoms with Crippen LogP contribution in [0.2, 0.25) is 0 Å². The summed E-state index contributed by atoms with van der Waals surface area (Å²) in [5, 5.41) is 5.34. The molecular weight excluding hydrogens is 320 g/mol. The molecule has 0 saturated carbocycles. The lowest BCUT2D eigenvalue weighted by Gasteiger charge is -2.12. The molecule has 0 bridgehead atoms. The van der Waals surface area contributed by atoms with Crippen LogP contribution in [-0.2, 0) is 4.79 Å². The number of rotatable bonds is 4. The zero-order valence-corrected chi connectivity index (χ0v) is 14.3. The molecule has 0 aliphatic rings. The Morgan fingerprint density at radius 1 is 1.12 bits per heavy atom. The maximum atomic E-state index is 12.4. The molecule has 0 saturated heterocycles. The molecule has 1 amide bonds. The van der Waals surface area contributed by atoms with Crippen molar-refractivity contribution in [2.24, 2.45) is 0 Å². The highest BCUT2D eigenvalue weighted by atomic mass is 32.2. The predicted molar refractivity (Wildman–Crippen MR) is 99.1 cm³/mol. The van der Waals surface area contributed by atoms with Gasteiger partial charge in [0.1, 0.15) is 5.82 Å². The first-order valence-corrected chi connectivity index (χ1v) is 8.47. The van der Waals surface area contributed by atoms with Crippen molar-refractivity contribution in [1.29, 1.82) is 0 Å². The number of hydrogen-bond acceptors (Lipinski definition) is 5. The average molecular weight is 338 g/mol. The quantitative estimate of drug-likeness (QED) is 0.561. The molecule has 6 heteroatoms. The zero-order chi connectivity index (χ0) is 17.1. The van der Waals surface area contributed by atoms with E-state index in [9.17, 15) is 4.79 Å². The van der Waals surface area contributed by atoms with Crippen LogP contribution in [-0.4, -0.2) is 21.1 Å². The van der Waals surface area contributed by atoms with Gasteiger partial charge in [-0.15, -0.1) is 0 Å². The van der Waals surface area contributed by atoms with Crippen molar-refractivity contribution in [2.45, 2.75) is 24.3 Å². The fraction of sp³-hybridized carbons (Fsp3) is 0.167. The first-order valence-electron chi connectivity index (χ1n) is 7.59. The smallest absolute Gasteiger partial charge is 0.237 e. The van der Waals surface area contributed by atoms with E-state index in [4.69, 9.17) is 5.73 Å². The summed E-state index contributed by atoms with van der Waals surface area (Å²) in [5.41, 5.74) is 7.28. The number of thioether (sulfide) groups is 1. The van der Waals surface area contributed by atoms with E-state index in [1.54, 1.807) is 6.07 Å². The number of nitrogens with two attached hydrogens (primary N) is 1. The van der Waals surface area contributed by atoms with Crippen LogP contribution in [0.25, 0.3) is 10.8 Å². The van der Waals surface area contributed by atoms with Crippen LogP contribution in [0.4, 0.5) is 11.5 Å². The van der Waals surface area contributed by atoms with Crippen molar-refractivity contribution >= 4 is 39.9 Å². The fourth-order valence-corrected chi connectivity index (χ4v) is 3.18. The van der Waals surface area contributed by atoms with Crippen LogP contribution in [0.3, 0.4) is 0 Å². The molecule has 0 aliphatic carbocycles. The minimum absolute atomic E-state index is 0.0982. The van der Waals surface area contributed by atoms with Crippen molar-refractivity contribution in [1.82, 2.24) is 9.97 Å². The Morgan fingerprint density at radius 2 is 1.88 bits per heavy atom. The van der Waals surface area contributed by atoms with Crippen LogP contribution < -0.4 is 11.1 Å². The van der Waals surface area contributed by atoms with Gasteiger partial charge in [-0.25, -0.2) is 9.97 Å². The standard InChI is InChI=1S/C18H18N4OS/c1-11-9-16(19)22-18(20-11)24-12(2)17(23)21-15-8-7-13-5-3-4-6-14(13)10-15/h3-10,12H,1-2H3,(H,21,23)(H2,19,20,22). The molecule has 1 aromatic heterocycles. The molecule has 3 N–H and O–H groups in total. The molecule has 0 radical (unpaired) electrons. The highest BCUT2D eigenvalue weighted by molar-refractivity contribution is 8.00. The number of nitrogens with zero attached hydrogens (tertiary/aromatic N) is 2. The van der Waals surface area contributed by atoms with Crippen molar-refractivity contribution in [3.05, 3.63) is 54.2 Å². The molecule has 3 rings (SSSR count). The average Bonchev–Trinajstić information content (AvgIpc) is 2.53. The van der Waals surface area contributed by atoms with E-state index >= 15 is 0 Å². The Morgan fingerprint density at radius 3 is 2.62 bits per heavy atom. The van der Waals surface area contributed by atoms with Gasteiger partial charge in [0.2, 0.25) is 5.91 Å². The molecule has 2 aromatic carbocycles. The number of aryl methyl sites for hydroxylation is 1. The lowest BCUT2D eigenvalue weighted by atomic mass is 10.1. The Bertz CT molecular complexity index is 877. The third-order valence-corrected chi connectivity index (χ3v) is 4.48. The van der Waals surface area contributed by atoms with Crippen LogP contribution in [0.5, 0.6) is 0 Å². The molecule has 122 valence electrons. The van der Waals surface area contributed by atoms with Gasteiger partial charge in [-0.05, 0) is 36.8 Å². The monoisotopic (exact) mass is 338 g/mol. The van der Waals surface area contributed by atoms with Gasteiger partial charge in [-0.1, -0.05) is 42.1 Å². The number of carbonyl (C=O) groups excluding carboxylic acids is 1. The predicted octanol–water partition coefficient (Wildman–Crippen LogP) is 3.64. The third-order valence-electron chi connectivity index (χ3n) is 3.52. The van der Waals surface area contributed by atoms with Crippen LogP contribution in [0.1, 0.15) is 12.6 Å². The van der Waals surface area contributed by atoms with Crippen molar-refractivity contribution in [3.8, 4) is 0 Å². The van der Waals surface area contributed by atoms with Crippen LogP contribution in [0.15, 0.2) is 53.7 Å². The van der Waals surface area contributed by atoms with E-state index in [2.05, 4.69) is 15.3 Å². The number of fused-ring (bicyclic) bond motifs is 1. The van der Waals surface area contributed by atoms with E-state index in [1.807, 2.05) is 56.3 Å².